The minimum absolute atomic E-state index is 0.000304. The van der Waals surface area contributed by atoms with E-state index < -0.39 is 29.3 Å². The summed E-state index contributed by atoms with van der Waals surface area (Å²) < 4.78 is 39.8. The van der Waals surface area contributed by atoms with Crippen molar-refractivity contribution in [2.75, 3.05) is 5.32 Å². The topological polar surface area (TPSA) is 49.4 Å². The van der Waals surface area contributed by atoms with Crippen molar-refractivity contribution in [3.63, 3.8) is 0 Å². The molecule has 3 aromatic carbocycles. The van der Waals surface area contributed by atoms with Crippen molar-refractivity contribution in [2.45, 2.75) is 6.54 Å². The van der Waals surface area contributed by atoms with Crippen LogP contribution in [0.5, 0.6) is 0 Å². The average molecular weight is 408 g/mol. The van der Waals surface area contributed by atoms with Crippen molar-refractivity contribution in [3.05, 3.63) is 107 Å². The average Bonchev–Trinajstić information content (AvgIpc) is 2.96. The predicted molar refractivity (Wildman–Crippen MR) is 105 cm³/mol. The Morgan fingerprint density at radius 2 is 1.17 bits per heavy atom. The van der Waals surface area contributed by atoms with Crippen LogP contribution < -0.4 is 5.32 Å². The first-order valence-corrected chi connectivity index (χ1v) is 9.06. The van der Waals surface area contributed by atoms with Crippen LogP contribution in [0.1, 0.15) is 11.1 Å². The number of halogens is 3. The fraction of sp³-hybridized carbons (Fsp3) is 0.0435. The van der Waals surface area contributed by atoms with Crippen LogP contribution in [0.3, 0.4) is 0 Å². The Morgan fingerprint density at radius 1 is 0.667 bits per heavy atom. The van der Waals surface area contributed by atoms with Gasteiger partial charge in [-0.3, -0.25) is 14.5 Å². The number of anilines is 1. The van der Waals surface area contributed by atoms with Crippen molar-refractivity contribution in [3.8, 4) is 0 Å². The van der Waals surface area contributed by atoms with Crippen LogP contribution in [0.25, 0.3) is 5.57 Å². The molecule has 2 amide bonds. The number of carbonyl (C=O) groups is 2. The van der Waals surface area contributed by atoms with Gasteiger partial charge in [0.1, 0.15) is 23.1 Å². The highest BCUT2D eigenvalue weighted by molar-refractivity contribution is 6.36. The molecular weight excluding hydrogens is 393 g/mol. The van der Waals surface area contributed by atoms with Gasteiger partial charge in [0, 0.05) is 5.69 Å². The number of rotatable bonds is 5. The van der Waals surface area contributed by atoms with E-state index in [2.05, 4.69) is 5.32 Å². The van der Waals surface area contributed by atoms with Crippen LogP contribution >= 0.6 is 0 Å². The molecule has 1 N–H and O–H groups in total. The fourth-order valence-electron chi connectivity index (χ4n) is 3.17. The number of nitrogens with one attached hydrogen (secondary N) is 1. The lowest BCUT2D eigenvalue weighted by Gasteiger charge is -2.15. The number of hydrogen-bond acceptors (Lipinski definition) is 3. The minimum atomic E-state index is -0.590. The molecule has 150 valence electrons. The van der Waals surface area contributed by atoms with Gasteiger partial charge in [0.2, 0.25) is 0 Å². The molecule has 1 aliphatic rings. The molecule has 0 atom stereocenters. The molecule has 0 unspecified atom stereocenters. The van der Waals surface area contributed by atoms with Crippen LogP contribution in [-0.2, 0) is 16.1 Å². The van der Waals surface area contributed by atoms with Crippen LogP contribution in [-0.4, -0.2) is 16.7 Å². The molecule has 0 radical (unpaired) electrons. The molecule has 0 aliphatic carbocycles. The van der Waals surface area contributed by atoms with Gasteiger partial charge in [-0.25, -0.2) is 13.2 Å². The lowest BCUT2D eigenvalue weighted by molar-refractivity contribution is -0.137. The van der Waals surface area contributed by atoms with Crippen molar-refractivity contribution in [2.24, 2.45) is 0 Å². The molecule has 0 fully saturated rings. The van der Waals surface area contributed by atoms with Gasteiger partial charge in [0.05, 0.1) is 12.1 Å². The van der Waals surface area contributed by atoms with Gasteiger partial charge >= 0.3 is 0 Å². The highest BCUT2D eigenvalue weighted by Crippen LogP contribution is 2.31. The molecule has 1 aliphatic heterocycles. The molecular formula is C23H15F3N2O2. The summed E-state index contributed by atoms with van der Waals surface area (Å²) in [4.78, 5) is 27.2. The summed E-state index contributed by atoms with van der Waals surface area (Å²) >= 11 is 0. The highest BCUT2D eigenvalue weighted by Gasteiger charge is 2.39. The van der Waals surface area contributed by atoms with Crippen molar-refractivity contribution < 1.29 is 22.8 Å². The zero-order valence-corrected chi connectivity index (χ0v) is 15.5. The summed E-state index contributed by atoms with van der Waals surface area (Å²) in [6.07, 6.45) is 0. The van der Waals surface area contributed by atoms with Gasteiger partial charge in [0.15, 0.2) is 0 Å². The van der Waals surface area contributed by atoms with Crippen molar-refractivity contribution in [1.29, 1.82) is 0 Å². The molecule has 4 nitrogen and oxygen atoms in total. The Bertz CT molecular complexity index is 1140. The van der Waals surface area contributed by atoms with E-state index >= 15 is 0 Å². The summed E-state index contributed by atoms with van der Waals surface area (Å²) in [7, 11) is 0. The van der Waals surface area contributed by atoms with Gasteiger partial charge in [-0.2, -0.15) is 0 Å². The highest BCUT2D eigenvalue weighted by atomic mass is 19.1. The maximum Gasteiger partial charge on any atom is 0.278 e. The first-order chi connectivity index (χ1) is 14.4. The first kappa shape index (κ1) is 19.4. The number of imide groups is 1. The molecule has 0 bridgehead atoms. The third kappa shape index (κ3) is 3.82. The van der Waals surface area contributed by atoms with E-state index in [1.54, 1.807) is 0 Å². The van der Waals surface area contributed by atoms with E-state index in [0.717, 1.165) is 4.90 Å². The standard InChI is InChI=1S/C23H15F3N2O2/c24-16-5-1-14(2-6-16)13-28-22(29)20(15-3-7-17(25)8-4-15)21(23(28)30)27-19-11-9-18(26)10-12-19/h1-12,27H,13H2. The Balaban J connectivity index is 1.72. The summed E-state index contributed by atoms with van der Waals surface area (Å²) in [5.41, 5.74) is 1.42. The van der Waals surface area contributed by atoms with Gasteiger partial charge in [-0.05, 0) is 59.7 Å². The zero-order chi connectivity index (χ0) is 21.3. The maximum atomic E-state index is 13.4. The Hall–Kier alpha value is -3.87. The van der Waals surface area contributed by atoms with E-state index in [1.165, 1.54) is 72.8 Å². The van der Waals surface area contributed by atoms with Gasteiger partial charge < -0.3 is 5.32 Å². The van der Waals surface area contributed by atoms with E-state index in [-0.39, 0.29) is 17.8 Å². The Kier molecular flexibility index (Phi) is 5.10. The van der Waals surface area contributed by atoms with Gasteiger partial charge in [-0.15, -0.1) is 0 Å². The summed E-state index contributed by atoms with van der Waals surface area (Å²) in [6.45, 7) is -0.0583. The fourth-order valence-corrected chi connectivity index (χ4v) is 3.17. The van der Waals surface area contributed by atoms with Crippen LogP contribution in [0.4, 0.5) is 18.9 Å². The molecule has 0 aromatic heterocycles. The minimum Gasteiger partial charge on any atom is -0.350 e. The van der Waals surface area contributed by atoms with Crippen molar-refractivity contribution >= 4 is 23.1 Å². The number of carbonyl (C=O) groups excluding carboxylic acids is 2. The molecule has 0 saturated heterocycles. The second-order valence-electron chi connectivity index (χ2n) is 6.71. The molecule has 4 rings (SSSR count). The monoisotopic (exact) mass is 408 g/mol. The largest absolute Gasteiger partial charge is 0.350 e. The SMILES string of the molecule is O=C1C(Nc2ccc(F)cc2)=C(c2ccc(F)cc2)C(=O)N1Cc1ccc(F)cc1. The number of hydrogen-bond donors (Lipinski definition) is 1. The van der Waals surface area contributed by atoms with E-state index in [1.807, 2.05) is 0 Å². The lowest BCUT2D eigenvalue weighted by Crippen LogP contribution is -2.32. The predicted octanol–water partition coefficient (Wildman–Crippen LogP) is 4.50. The van der Waals surface area contributed by atoms with E-state index in [9.17, 15) is 22.8 Å². The zero-order valence-electron chi connectivity index (χ0n) is 15.5. The summed E-state index contributed by atoms with van der Waals surface area (Å²) in [6, 6.07) is 16.0. The Labute approximate surface area is 170 Å². The summed E-state index contributed by atoms with van der Waals surface area (Å²) in [5, 5.41) is 2.88. The molecule has 30 heavy (non-hydrogen) atoms. The lowest BCUT2D eigenvalue weighted by atomic mass is 10.0. The second-order valence-corrected chi connectivity index (χ2v) is 6.71. The maximum absolute atomic E-state index is 13.4. The van der Waals surface area contributed by atoms with Gasteiger partial charge in [0.25, 0.3) is 11.8 Å². The number of benzene rings is 3. The van der Waals surface area contributed by atoms with Gasteiger partial charge in [-0.1, -0.05) is 24.3 Å². The third-order valence-corrected chi connectivity index (χ3v) is 4.67. The number of amides is 2. The first-order valence-electron chi connectivity index (χ1n) is 9.06. The molecule has 3 aromatic rings. The number of nitrogens with zero attached hydrogens (tertiary/aromatic N) is 1. The van der Waals surface area contributed by atoms with Crippen LogP contribution in [0, 0.1) is 17.5 Å². The normalized spacial score (nSPS) is 13.9. The molecule has 0 saturated carbocycles. The van der Waals surface area contributed by atoms with Crippen LogP contribution in [0.15, 0.2) is 78.5 Å². The molecule has 0 spiro atoms. The van der Waals surface area contributed by atoms with E-state index in [4.69, 9.17) is 0 Å². The van der Waals surface area contributed by atoms with E-state index in [0.29, 0.717) is 16.8 Å². The second kappa shape index (κ2) is 7.87. The smallest absolute Gasteiger partial charge is 0.278 e. The van der Waals surface area contributed by atoms with Crippen LogP contribution in [0.2, 0.25) is 0 Å². The quantitative estimate of drug-likeness (QED) is 0.633. The third-order valence-electron chi connectivity index (χ3n) is 4.67. The molecule has 1 heterocycles. The van der Waals surface area contributed by atoms with Crippen molar-refractivity contribution in [1.82, 2.24) is 4.90 Å². The molecule has 7 heteroatoms. The summed E-state index contributed by atoms with van der Waals surface area (Å²) in [5.74, 6) is -2.51. The Morgan fingerprint density at radius 3 is 1.73 bits per heavy atom.